The van der Waals surface area contributed by atoms with Gasteiger partial charge in [0.2, 0.25) is 0 Å². The number of nitrogen functional groups attached to an aromatic ring is 1. The molecular weight excluding hydrogens is 270 g/mol. The number of rotatable bonds is 3. The van der Waals surface area contributed by atoms with Crippen LogP contribution in [0, 0.1) is 0 Å². The molecule has 0 aliphatic rings. The van der Waals surface area contributed by atoms with Crippen LogP contribution in [0.3, 0.4) is 0 Å². The normalized spacial score (nSPS) is 11.4. The molecule has 2 aromatic heterocycles. The minimum absolute atomic E-state index is 0.415. The smallest absolute Gasteiger partial charge is 0.196 e. The van der Waals surface area contributed by atoms with Crippen molar-refractivity contribution in [1.29, 1.82) is 0 Å². The molecule has 3 aromatic rings. The molecule has 0 saturated carbocycles. The lowest BCUT2D eigenvalue weighted by Gasteiger charge is -2.06. The average Bonchev–Trinajstić information content (AvgIpc) is 3.00. The van der Waals surface area contributed by atoms with Gasteiger partial charge in [-0.15, -0.1) is 11.3 Å². The highest BCUT2D eigenvalue weighted by Gasteiger charge is 2.17. The number of ether oxygens (including phenoxy) is 1. The van der Waals surface area contributed by atoms with E-state index in [4.69, 9.17) is 10.5 Å². The van der Waals surface area contributed by atoms with Crippen LogP contribution in [0.4, 0.5) is 5.82 Å². The molecule has 0 fully saturated rings. The SMILES string of the molecule is COc1cccc(-c2nc3scc(C(C)C)n3c2N)c1. The van der Waals surface area contributed by atoms with Crippen molar-refractivity contribution >= 4 is 22.1 Å². The molecule has 0 bridgehead atoms. The third kappa shape index (κ3) is 1.94. The van der Waals surface area contributed by atoms with E-state index in [0.29, 0.717) is 11.7 Å². The molecule has 104 valence electrons. The van der Waals surface area contributed by atoms with E-state index < -0.39 is 0 Å². The van der Waals surface area contributed by atoms with Gasteiger partial charge in [-0.2, -0.15) is 0 Å². The summed E-state index contributed by atoms with van der Waals surface area (Å²) in [4.78, 5) is 5.60. The zero-order valence-electron chi connectivity index (χ0n) is 11.8. The topological polar surface area (TPSA) is 52.5 Å². The lowest BCUT2D eigenvalue weighted by atomic mass is 10.1. The van der Waals surface area contributed by atoms with E-state index in [1.165, 1.54) is 5.69 Å². The maximum absolute atomic E-state index is 6.31. The molecule has 1 aromatic carbocycles. The zero-order valence-corrected chi connectivity index (χ0v) is 12.6. The summed E-state index contributed by atoms with van der Waals surface area (Å²) in [6, 6.07) is 7.82. The summed E-state index contributed by atoms with van der Waals surface area (Å²) in [7, 11) is 1.66. The monoisotopic (exact) mass is 287 g/mol. The second kappa shape index (κ2) is 4.83. The Labute approximate surface area is 121 Å². The summed E-state index contributed by atoms with van der Waals surface area (Å²) in [6.45, 7) is 4.32. The van der Waals surface area contributed by atoms with Gasteiger partial charge in [-0.1, -0.05) is 26.0 Å². The van der Waals surface area contributed by atoms with Crippen LogP contribution in [0.1, 0.15) is 25.5 Å². The van der Waals surface area contributed by atoms with Gasteiger partial charge in [0.15, 0.2) is 4.96 Å². The van der Waals surface area contributed by atoms with Gasteiger partial charge >= 0.3 is 0 Å². The van der Waals surface area contributed by atoms with E-state index >= 15 is 0 Å². The largest absolute Gasteiger partial charge is 0.497 e. The number of thiazole rings is 1. The van der Waals surface area contributed by atoms with Crippen molar-refractivity contribution < 1.29 is 4.74 Å². The summed E-state index contributed by atoms with van der Waals surface area (Å²) in [5.41, 5.74) is 9.31. The Hall–Kier alpha value is -2.01. The summed E-state index contributed by atoms with van der Waals surface area (Å²) in [5.74, 6) is 1.92. The van der Waals surface area contributed by atoms with Crippen LogP contribution >= 0.6 is 11.3 Å². The summed E-state index contributed by atoms with van der Waals surface area (Å²) < 4.78 is 7.31. The maximum atomic E-state index is 6.31. The highest BCUT2D eigenvalue weighted by Crippen LogP contribution is 2.33. The number of anilines is 1. The summed E-state index contributed by atoms with van der Waals surface area (Å²) in [5, 5.41) is 2.12. The first-order valence-corrected chi connectivity index (χ1v) is 7.39. The molecule has 5 heteroatoms. The molecule has 3 rings (SSSR count). The highest BCUT2D eigenvalue weighted by atomic mass is 32.1. The molecule has 0 saturated heterocycles. The van der Waals surface area contributed by atoms with Crippen molar-refractivity contribution in [2.24, 2.45) is 0 Å². The van der Waals surface area contributed by atoms with E-state index in [0.717, 1.165) is 22.0 Å². The Morgan fingerprint density at radius 2 is 2.15 bits per heavy atom. The van der Waals surface area contributed by atoms with Crippen molar-refractivity contribution in [2.45, 2.75) is 19.8 Å². The molecule has 0 unspecified atom stereocenters. The van der Waals surface area contributed by atoms with Gasteiger partial charge in [0, 0.05) is 16.6 Å². The van der Waals surface area contributed by atoms with E-state index in [2.05, 4.69) is 24.2 Å². The number of methoxy groups -OCH3 is 1. The average molecular weight is 287 g/mol. The first-order chi connectivity index (χ1) is 9.61. The Balaban J connectivity index is 2.19. The van der Waals surface area contributed by atoms with Crippen LogP contribution < -0.4 is 10.5 Å². The van der Waals surface area contributed by atoms with Crippen LogP contribution in [0.25, 0.3) is 16.2 Å². The number of aromatic nitrogens is 2. The van der Waals surface area contributed by atoms with Crippen LogP contribution in [0.15, 0.2) is 29.6 Å². The zero-order chi connectivity index (χ0) is 14.3. The first-order valence-electron chi connectivity index (χ1n) is 6.51. The number of benzene rings is 1. The van der Waals surface area contributed by atoms with Crippen molar-refractivity contribution in [2.75, 3.05) is 12.8 Å². The van der Waals surface area contributed by atoms with Gasteiger partial charge in [0.1, 0.15) is 17.3 Å². The number of hydrogen-bond donors (Lipinski definition) is 1. The first kappa shape index (κ1) is 13.0. The van der Waals surface area contributed by atoms with Crippen molar-refractivity contribution in [3.05, 3.63) is 35.3 Å². The second-order valence-corrected chi connectivity index (χ2v) is 5.85. The fraction of sp³-hybridized carbons (Fsp3) is 0.267. The molecule has 20 heavy (non-hydrogen) atoms. The lowest BCUT2D eigenvalue weighted by molar-refractivity contribution is 0.415. The highest BCUT2D eigenvalue weighted by molar-refractivity contribution is 7.15. The van der Waals surface area contributed by atoms with E-state index in [-0.39, 0.29) is 0 Å². The molecule has 0 spiro atoms. The molecule has 0 atom stereocenters. The molecule has 2 N–H and O–H groups in total. The Morgan fingerprint density at radius 3 is 2.85 bits per heavy atom. The van der Waals surface area contributed by atoms with E-state index in [1.807, 2.05) is 28.7 Å². The van der Waals surface area contributed by atoms with Gasteiger partial charge in [-0.05, 0) is 18.1 Å². The number of fused-ring (bicyclic) bond motifs is 1. The van der Waals surface area contributed by atoms with Crippen LogP contribution in [-0.4, -0.2) is 16.5 Å². The van der Waals surface area contributed by atoms with E-state index in [1.54, 1.807) is 18.4 Å². The van der Waals surface area contributed by atoms with Crippen molar-refractivity contribution in [3.8, 4) is 17.0 Å². The summed E-state index contributed by atoms with van der Waals surface area (Å²) in [6.07, 6.45) is 0. The maximum Gasteiger partial charge on any atom is 0.196 e. The van der Waals surface area contributed by atoms with Crippen LogP contribution in [-0.2, 0) is 0 Å². The number of nitrogens with zero attached hydrogens (tertiary/aromatic N) is 2. The quantitative estimate of drug-likeness (QED) is 0.797. The molecule has 2 heterocycles. The minimum Gasteiger partial charge on any atom is -0.497 e. The van der Waals surface area contributed by atoms with Crippen LogP contribution in [0.2, 0.25) is 0 Å². The number of hydrogen-bond acceptors (Lipinski definition) is 4. The Bertz CT molecular complexity index is 758. The van der Waals surface area contributed by atoms with Gasteiger partial charge in [0.05, 0.1) is 7.11 Å². The van der Waals surface area contributed by atoms with Gasteiger partial charge in [-0.3, -0.25) is 4.40 Å². The minimum atomic E-state index is 0.415. The third-order valence-corrected chi connectivity index (χ3v) is 4.20. The van der Waals surface area contributed by atoms with Gasteiger partial charge < -0.3 is 10.5 Å². The molecule has 0 radical (unpaired) electrons. The lowest BCUT2D eigenvalue weighted by Crippen LogP contribution is -1.99. The molecule has 4 nitrogen and oxygen atoms in total. The Morgan fingerprint density at radius 1 is 1.35 bits per heavy atom. The fourth-order valence-corrected chi connectivity index (χ4v) is 3.34. The van der Waals surface area contributed by atoms with Crippen molar-refractivity contribution in [3.63, 3.8) is 0 Å². The third-order valence-electron chi connectivity index (χ3n) is 3.36. The van der Waals surface area contributed by atoms with Gasteiger partial charge in [-0.25, -0.2) is 4.98 Å². The molecule has 0 aliphatic heterocycles. The van der Waals surface area contributed by atoms with Crippen LogP contribution in [0.5, 0.6) is 5.75 Å². The van der Waals surface area contributed by atoms with Gasteiger partial charge in [0.25, 0.3) is 0 Å². The molecule has 0 aliphatic carbocycles. The number of imidazole rings is 1. The predicted molar refractivity (Wildman–Crippen MR) is 83.6 cm³/mol. The summed E-state index contributed by atoms with van der Waals surface area (Å²) >= 11 is 1.62. The predicted octanol–water partition coefficient (Wildman–Crippen LogP) is 3.78. The Kier molecular flexibility index (Phi) is 3.14. The number of nitrogens with two attached hydrogens (primary N) is 1. The molecular formula is C15H17N3OS. The van der Waals surface area contributed by atoms with Crippen molar-refractivity contribution in [1.82, 2.24) is 9.38 Å². The van der Waals surface area contributed by atoms with E-state index in [9.17, 15) is 0 Å². The standard InChI is InChI=1S/C15H17N3OS/c1-9(2)12-8-20-15-17-13(14(16)18(12)15)10-5-4-6-11(7-10)19-3/h4-9H,16H2,1-3H3. The molecule has 0 amide bonds. The second-order valence-electron chi connectivity index (χ2n) is 5.01. The fourth-order valence-electron chi connectivity index (χ4n) is 2.28.